The molecule has 0 saturated carbocycles. The molecule has 2 heterocycles. The van der Waals surface area contributed by atoms with Gasteiger partial charge in [0.1, 0.15) is 6.04 Å². The third-order valence-electron chi connectivity index (χ3n) is 3.63. The SMILES string of the molecule is O=C1CCC(C(=O)Nc2ccc3c(c2)NCCC3)N1. The van der Waals surface area contributed by atoms with Gasteiger partial charge in [0.15, 0.2) is 0 Å². The Morgan fingerprint density at radius 2 is 2.21 bits per heavy atom. The lowest BCUT2D eigenvalue weighted by molar-refractivity contribution is -0.122. The van der Waals surface area contributed by atoms with Gasteiger partial charge in [-0.2, -0.15) is 0 Å². The highest BCUT2D eigenvalue weighted by Gasteiger charge is 2.27. The van der Waals surface area contributed by atoms with Gasteiger partial charge < -0.3 is 16.0 Å². The van der Waals surface area contributed by atoms with Gasteiger partial charge in [0.2, 0.25) is 11.8 Å². The molecule has 0 aliphatic carbocycles. The van der Waals surface area contributed by atoms with Crippen LogP contribution in [0.15, 0.2) is 18.2 Å². The van der Waals surface area contributed by atoms with E-state index in [1.165, 1.54) is 5.56 Å². The molecule has 5 nitrogen and oxygen atoms in total. The summed E-state index contributed by atoms with van der Waals surface area (Å²) < 4.78 is 0. The average molecular weight is 259 g/mol. The van der Waals surface area contributed by atoms with Crippen molar-refractivity contribution < 1.29 is 9.59 Å². The molecule has 3 rings (SSSR count). The Balaban J connectivity index is 1.69. The quantitative estimate of drug-likeness (QED) is 0.749. The second kappa shape index (κ2) is 4.91. The van der Waals surface area contributed by atoms with Crippen LogP contribution < -0.4 is 16.0 Å². The van der Waals surface area contributed by atoms with Crippen molar-refractivity contribution in [3.63, 3.8) is 0 Å². The Labute approximate surface area is 111 Å². The Kier molecular flexibility index (Phi) is 3.11. The molecule has 5 heteroatoms. The molecule has 1 unspecified atom stereocenters. The van der Waals surface area contributed by atoms with Gasteiger partial charge in [-0.05, 0) is 37.0 Å². The average Bonchev–Trinajstić information content (AvgIpc) is 2.85. The fraction of sp³-hybridized carbons (Fsp3) is 0.429. The standard InChI is InChI=1S/C14H17N3O2/c18-13-6-5-11(17-13)14(19)16-10-4-3-9-2-1-7-15-12(9)8-10/h3-4,8,11,15H,1-2,5-7H2,(H,16,19)(H,17,18). The van der Waals surface area contributed by atoms with Crippen LogP contribution in [0.4, 0.5) is 11.4 Å². The topological polar surface area (TPSA) is 70.2 Å². The molecule has 1 fully saturated rings. The highest BCUT2D eigenvalue weighted by atomic mass is 16.2. The van der Waals surface area contributed by atoms with E-state index < -0.39 is 6.04 Å². The van der Waals surface area contributed by atoms with Crippen LogP contribution in [0.3, 0.4) is 0 Å². The van der Waals surface area contributed by atoms with Gasteiger partial charge in [-0.3, -0.25) is 9.59 Å². The van der Waals surface area contributed by atoms with E-state index in [0.717, 1.165) is 30.8 Å². The molecule has 1 saturated heterocycles. The molecule has 1 atom stereocenters. The second-order valence-electron chi connectivity index (χ2n) is 5.05. The summed E-state index contributed by atoms with van der Waals surface area (Å²) in [5.74, 6) is -0.186. The van der Waals surface area contributed by atoms with Gasteiger partial charge in [0, 0.05) is 24.3 Å². The van der Waals surface area contributed by atoms with Gasteiger partial charge >= 0.3 is 0 Å². The second-order valence-corrected chi connectivity index (χ2v) is 5.05. The molecule has 0 spiro atoms. The van der Waals surface area contributed by atoms with E-state index in [-0.39, 0.29) is 11.8 Å². The molecule has 19 heavy (non-hydrogen) atoms. The monoisotopic (exact) mass is 259 g/mol. The summed E-state index contributed by atoms with van der Waals surface area (Å²) >= 11 is 0. The van der Waals surface area contributed by atoms with E-state index in [1.807, 2.05) is 18.2 Å². The predicted octanol–water partition coefficient (Wildman–Crippen LogP) is 1.26. The molecule has 3 N–H and O–H groups in total. The summed E-state index contributed by atoms with van der Waals surface area (Å²) in [5, 5.41) is 8.86. The number of hydrogen-bond acceptors (Lipinski definition) is 3. The van der Waals surface area contributed by atoms with Crippen molar-refractivity contribution in [2.75, 3.05) is 17.2 Å². The van der Waals surface area contributed by atoms with E-state index in [4.69, 9.17) is 0 Å². The van der Waals surface area contributed by atoms with E-state index in [2.05, 4.69) is 16.0 Å². The number of benzene rings is 1. The van der Waals surface area contributed by atoms with E-state index in [0.29, 0.717) is 12.8 Å². The zero-order chi connectivity index (χ0) is 13.2. The van der Waals surface area contributed by atoms with Crippen LogP contribution in [0.5, 0.6) is 0 Å². The first kappa shape index (κ1) is 12.0. The fourth-order valence-electron chi connectivity index (χ4n) is 2.58. The first-order valence-corrected chi connectivity index (χ1v) is 6.69. The molecule has 2 aliphatic heterocycles. The van der Waals surface area contributed by atoms with Crippen molar-refractivity contribution in [2.24, 2.45) is 0 Å². The molecule has 1 aromatic carbocycles. The van der Waals surface area contributed by atoms with Gasteiger partial charge in [-0.1, -0.05) is 6.07 Å². The minimum Gasteiger partial charge on any atom is -0.385 e. The molecule has 0 bridgehead atoms. The number of rotatable bonds is 2. The van der Waals surface area contributed by atoms with Crippen LogP contribution in [-0.2, 0) is 16.0 Å². The van der Waals surface area contributed by atoms with Crippen molar-refractivity contribution in [2.45, 2.75) is 31.7 Å². The number of hydrogen-bond donors (Lipinski definition) is 3. The number of fused-ring (bicyclic) bond motifs is 1. The van der Waals surface area contributed by atoms with Crippen molar-refractivity contribution in [1.82, 2.24) is 5.32 Å². The number of carbonyl (C=O) groups excluding carboxylic acids is 2. The highest BCUT2D eigenvalue weighted by Crippen LogP contribution is 2.25. The molecule has 1 aromatic rings. The minimum atomic E-state index is -0.392. The summed E-state index contributed by atoms with van der Waals surface area (Å²) in [5.41, 5.74) is 3.16. The van der Waals surface area contributed by atoms with Gasteiger partial charge in [0.25, 0.3) is 0 Å². The maximum atomic E-state index is 12.0. The highest BCUT2D eigenvalue weighted by molar-refractivity contribution is 5.99. The van der Waals surface area contributed by atoms with E-state index in [9.17, 15) is 9.59 Å². The Morgan fingerprint density at radius 3 is 3.00 bits per heavy atom. The summed E-state index contributed by atoms with van der Waals surface area (Å²) in [6, 6.07) is 5.53. The number of nitrogens with one attached hydrogen (secondary N) is 3. The normalized spacial score (nSPS) is 21.3. The van der Waals surface area contributed by atoms with Crippen molar-refractivity contribution in [1.29, 1.82) is 0 Å². The van der Waals surface area contributed by atoms with Crippen LogP contribution in [0.25, 0.3) is 0 Å². The van der Waals surface area contributed by atoms with Crippen molar-refractivity contribution in [3.8, 4) is 0 Å². The zero-order valence-electron chi connectivity index (χ0n) is 10.7. The van der Waals surface area contributed by atoms with Crippen LogP contribution >= 0.6 is 0 Å². The summed E-state index contributed by atoms with van der Waals surface area (Å²) in [4.78, 5) is 23.1. The van der Waals surface area contributed by atoms with Crippen LogP contribution in [0, 0.1) is 0 Å². The van der Waals surface area contributed by atoms with Crippen molar-refractivity contribution >= 4 is 23.2 Å². The van der Waals surface area contributed by atoms with Gasteiger partial charge in [0.05, 0.1) is 0 Å². The van der Waals surface area contributed by atoms with E-state index in [1.54, 1.807) is 0 Å². The first-order chi connectivity index (χ1) is 9.22. The first-order valence-electron chi connectivity index (χ1n) is 6.69. The molecule has 100 valence electrons. The predicted molar refractivity (Wildman–Crippen MR) is 73.0 cm³/mol. The molecular weight excluding hydrogens is 242 g/mol. The molecular formula is C14H17N3O2. The lowest BCUT2D eigenvalue weighted by Crippen LogP contribution is -2.37. The van der Waals surface area contributed by atoms with Crippen LogP contribution in [0.1, 0.15) is 24.8 Å². The molecule has 0 radical (unpaired) electrons. The third kappa shape index (κ3) is 2.54. The Morgan fingerprint density at radius 1 is 1.32 bits per heavy atom. The maximum absolute atomic E-state index is 12.0. The van der Waals surface area contributed by atoms with Gasteiger partial charge in [-0.25, -0.2) is 0 Å². The largest absolute Gasteiger partial charge is 0.385 e. The smallest absolute Gasteiger partial charge is 0.246 e. The molecule has 2 amide bonds. The fourth-order valence-corrected chi connectivity index (χ4v) is 2.58. The lowest BCUT2D eigenvalue weighted by Gasteiger charge is -2.19. The van der Waals surface area contributed by atoms with Crippen LogP contribution in [-0.4, -0.2) is 24.4 Å². The number of anilines is 2. The summed E-state index contributed by atoms with van der Waals surface area (Å²) in [6.07, 6.45) is 3.24. The minimum absolute atomic E-state index is 0.0488. The Bertz CT molecular complexity index is 527. The lowest BCUT2D eigenvalue weighted by atomic mass is 10.0. The number of amides is 2. The summed E-state index contributed by atoms with van der Waals surface area (Å²) in [7, 11) is 0. The van der Waals surface area contributed by atoms with Gasteiger partial charge in [-0.15, -0.1) is 0 Å². The number of carbonyl (C=O) groups is 2. The Hall–Kier alpha value is -2.04. The van der Waals surface area contributed by atoms with Crippen LogP contribution in [0.2, 0.25) is 0 Å². The number of aryl methyl sites for hydroxylation is 1. The third-order valence-corrected chi connectivity index (χ3v) is 3.63. The molecule has 2 aliphatic rings. The van der Waals surface area contributed by atoms with E-state index >= 15 is 0 Å². The van der Waals surface area contributed by atoms with Crippen molar-refractivity contribution in [3.05, 3.63) is 23.8 Å². The molecule has 0 aromatic heterocycles. The summed E-state index contributed by atoms with van der Waals surface area (Å²) in [6.45, 7) is 0.975. The zero-order valence-corrected chi connectivity index (χ0v) is 10.7. The maximum Gasteiger partial charge on any atom is 0.246 e.